The van der Waals surface area contributed by atoms with Crippen molar-refractivity contribution in [3.8, 4) is 0 Å². The molecule has 1 aromatic heterocycles. The van der Waals surface area contributed by atoms with Gasteiger partial charge in [0.15, 0.2) is 0 Å². The minimum Gasteiger partial charge on any atom is -0.321 e. The van der Waals surface area contributed by atoms with E-state index in [1.165, 1.54) is 0 Å². The van der Waals surface area contributed by atoms with Crippen LogP contribution in [0.2, 0.25) is 0 Å². The fraction of sp³-hybridized carbons (Fsp3) is 0.0526. The van der Waals surface area contributed by atoms with Crippen LogP contribution in [0.25, 0.3) is 21.0 Å². The summed E-state index contributed by atoms with van der Waals surface area (Å²) in [7, 11) is 0. The number of benzene rings is 3. The average molecular weight is 318 g/mol. The van der Waals surface area contributed by atoms with Crippen LogP contribution in [0.5, 0.6) is 0 Å². The first-order valence-corrected chi connectivity index (χ1v) is 8.19. The van der Waals surface area contributed by atoms with Gasteiger partial charge >= 0.3 is 0 Å². The Hall–Kier alpha value is -2.72. The summed E-state index contributed by atoms with van der Waals surface area (Å²) in [5, 5.41) is 6.17. The van der Waals surface area contributed by atoms with Crippen LogP contribution in [0, 0.1) is 6.92 Å². The molecule has 1 N–H and O–H groups in total. The maximum atomic E-state index is 12.6. The summed E-state index contributed by atoms with van der Waals surface area (Å²) in [6.07, 6.45) is 0. The number of aryl methyl sites for hydroxylation is 1. The van der Waals surface area contributed by atoms with E-state index in [1.54, 1.807) is 11.3 Å². The smallest absolute Gasteiger partial charge is 0.255 e. The molecule has 0 aliphatic heterocycles. The molecule has 0 aliphatic carbocycles. The molecule has 0 saturated carbocycles. The van der Waals surface area contributed by atoms with Crippen LogP contribution in [0.15, 0.2) is 60.7 Å². The minimum atomic E-state index is -0.102. The van der Waals surface area contributed by atoms with Gasteiger partial charge in [-0.3, -0.25) is 4.79 Å². The molecule has 1 heterocycles. The first kappa shape index (κ1) is 13.9. The Morgan fingerprint density at radius 2 is 1.87 bits per heavy atom. The summed E-state index contributed by atoms with van der Waals surface area (Å²) in [5.41, 5.74) is 2.41. The Bertz CT molecular complexity index is 1030. The van der Waals surface area contributed by atoms with Crippen LogP contribution in [-0.2, 0) is 0 Å². The number of hydrogen-bond acceptors (Lipinski definition) is 3. The van der Waals surface area contributed by atoms with E-state index in [0.29, 0.717) is 5.56 Å². The Labute approximate surface area is 137 Å². The second-order valence-electron chi connectivity index (χ2n) is 5.40. The molecule has 4 rings (SSSR count). The first-order valence-electron chi connectivity index (χ1n) is 7.37. The van der Waals surface area contributed by atoms with Gasteiger partial charge in [0.2, 0.25) is 0 Å². The van der Waals surface area contributed by atoms with Crippen LogP contribution in [0.1, 0.15) is 15.4 Å². The molecule has 0 aliphatic rings. The van der Waals surface area contributed by atoms with E-state index in [2.05, 4.69) is 10.3 Å². The zero-order valence-corrected chi connectivity index (χ0v) is 13.4. The van der Waals surface area contributed by atoms with Gasteiger partial charge in [-0.15, -0.1) is 11.3 Å². The average Bonchev–Trinajstić information content (AvgIpc) is 2.94. The quantitative estimate of drug-likeness (QED) is 0.564. The monoisotopic (exact) mass is 318 g/mol. The number of aromatic nitrogens is 1. The van der Waals surface area contributed by atoms with Gasteiger partial charge in [0.1, 0.15) is 0 Å². The fourth-order valence-corrected chi connectivity index (χ4v) is 3.58. The number of thiazole rings is 1. The Morgan fingerprint density at radius 3 is 2.78 bits per heavy atom. The van der Waals surface area contributed by atoms with E-state index in [1.807, 2.05) is 67.6 Å². The number of anilines is 1. The lowest BCUT2D eigenvalue weighted by Crippen LogP contribution is -2.11. The predicted octanol–water partition coefficient (Wildman–Crippen LogP) is 5.01. The topological polar surface area (TPSA) is 42.0 Å². The Morgan fingerprint density at radius 1 is 1.04 bits per heavy atom. The number of nitrogens with one attached hydrogen (secondary N) is 1. The number of carbonyl (C=O) groups is 1. The maximum Gasteiger partial charge on any atom is 0.255 e. The molecule has 4 aromatic rings. The molecule has 0 fully saturated rings. The number of rotatable bonds is 2. The number of amides is 1. The van der Waals surface area contributed by atoms with E-state index >= 15 is 0 Å². The second-order valence-corrected chi connectivity index (χ2v) is 6.63. The highest BCUT2D eigenvalue weighted by Crippen LogP contribution is 2.25. The first-order chi connectivity index (χ1) is 11.2. The molecular formula is C19H14N2OS. The molecule has 0 bridgehead atoms. The third-order valence-corrected chi connectivity index (χ3v) is 4.73. The SMILES string of the molecule is Cc1nc2ccc(C(=O)Nc3cccc4ccccc34)cc2s1. The van der Waals surface area contributed by atoms with Gasteiger partial charge in [-0.2, -0.15) is 0 Å². The van der Waals surface area contributed by atoms with Crippen molar-refractivity contribution < 1.29 is 4.79 Å². The lowest BCUT2D eigenvalue weighted by molar-refractivity contribution is 0.102. The molecule has 112 valence electrons. The predicted molar refractivity (Wildman–Crippen MR) is 96.3 cm³/mol. The molecule has 0 radical (unpaired) electrons. The van der Waals surface area contributed by atoms with E-state index < -0.39 is 0 Å². The molecule has 3 aromatic carbocycles. The van der Waals surface area contributed by atoms with Crippen molar-refractivity contribution in [1.82, 2.24) is 4.98 Å². The minimum absolute atomic E-state index is 0.102. The highest BCUT2D eigenvalue weighted by molar-refractivity contribution is 7.18. The molecular weight excluding hydrogens is 304 g/mol. The van der Waals surface area contributed by atoms with E-state index in [0.717, 1.165) is 31.7 Å². The van der Waals surface area contributed by atoms with Crippen molar-refractivity contribution in [3.05, 3.63) is 71.2 Å². The molecule has 23 heavy (non-hydrogen) atoms. The van der Waals surface area contributed by atoms with Crippen LogP contribution < -0.4 is 5.32 Å². The zero-order chi connectivity index (χ0) is 15.8. The van der Waals surface area contributed by atoms with Crippen LogP contribution in [-0.4, -0.2) is 10.9 Å². The highest BCUT2D eigenvalue weighted by Gasteiger charge is 2.10. The lowest BCUT2D eigenvalue weighted by atomic mass is 10.1. The molecule has 4 heteroatoms. The van der Waals surface area contributed by atoms with Gasteiger partial charge in [-0.05, 0) is 36.6 Å². The third-order valence-electron chi connectivity index (χ3n) is 3.80. The number of fused-ring (bicyclic) bond motifs is 2. The third kappa shape index (κ3) is 2.58. The van der Waals surface area contributed by atoms with Gasteiger partial charge < -0.3 is 5.32 Å². The standard InChI is InChI=1S/C19H14N2OS/c1-12-20-17-10-9-14(11-18(17)23-12)19(22)21-16-8-4-6-13-5-2-3-7-15(13)16/h2-11H,1H3,(H,21,22). The number of carbonyl (C=O) groups excluding carboxylic acids is 1. The van der Waals surface area contributed by atoms with Crippen molar-refractivity contribution in [2.75, 3.05) is 5.32 Å². The summed E-state index contributed by atoms with van der Waals surface area (Å²) in [5.74, 6) is -0.102. The summed E-state index contributed by atoms with van der Waals surface area (Å²) in [4.78, 5) is 17.0. The number of hydrogen-bond donors (Lipinski definition) is 1. The molecule has 0 unspecified atom stereocenters. The second kappa shape index (κ2) is 5.48. The van der Waals surface area contributed by atoms with E-state index in [-0.39, 0.29) is 5.91 Å². The maximum absolute atomic E-state index is 12.6. The van der Waals surface area contributed by atoms with Gasteiger partial charge in [0, 0.05) is 16.6 Å². The highest BCUT2D eigenvalue weighted by atomic mass is 32.1. The zero-order valence-electron chi connectivity index (χ0n) is 12.5. The molecule has 0 atom stereocenters. The van der Waals surface area contributed by atoms with E-state index in [4.69, 9.17) is 0 Å². The molecule has 1 amide bonds. The van der Waals surface area contributed by atoms with Gasteiger partial charge in [-0.1, -0.05) is 36.4 Å². The summed E-state index contributed by atoms with van der Waals surface area (Å²) < 4.78 is 1.04. The summed E-state index contributed by atoms with van der Waals surface area (Å²) >= 11 is 1.60. The van der Waals surface area contributed by atoms with Gasteiger partial charge in [0.05, 0.1) is 15.2 Å². The Kier molecular flexibility index (Phi) is 3.32. The fourth-order valence-electron chi connectivity index (χ4n) is 2.71. The van der Waals surface area contributed by atoms with E-state index in [9.17, 15) is 4.79 Å². The van der Waals surface area contributed by atoms with Crippen molar-refractivity contribution >= 4 is 43.9 Å². The summed E-state index contributed by atoms with van der Waals surface area (Å²) in [6.45, 7) is 1.97. The van der Waals surface area contributed by atoms with Gasteiger partial charge in [0.25, 0.3) is 5.91 Å². The normalized spacial score (nSPS) is 11.0. The molecule has 0 spiro atoms. The van der Waals surface area contributed by atoms with Crippen molar-refractivity contribution in [2.24, 2.45) is 0 Å². The van der Waals surface area contributed by atoms with Crippen LogP contribution in [0.3, 0.4) is 0 Å². The Balaban J connectivity index is 1.70. The van der Waals surface area contributed by atoms with Crippen molar-refractivity contribution in [1.29, 1.82) is 0 Å². The lowest BCUT2D eigenvalue weighted by Gasteiger charge is -2.08. The van der Waals surface area contributed by atoms with Gasteiger partial charge in [-0.25, -0.2) is 4.98 Å². The largest absolute Gasteiger partial charge is 0.321 e. The number of nitrogens with zero attached hydrogens (tertiary/aromatic N) is 1. The van der Waals surface area contributed by atoms with Crippen molar-refractivity contribution in [3.63, 3.8) is 0 Å². The van der Waals surface area contributed by atoms with Crippen LogP contribution in [0.4, 0.5) is 5.69 Å². The van der Waals surface area contributed by atoms with Crippen LogP contribution >= 0.6 is 11.3 Å². The molecule has 3 nitrogen and oxygen atoms in total. The molecule has 0 saturated heterocycles. The van der Waals surface area contributed by atoms with Crippen molar-refractivity contribution in [2.45, 2.75) is 6.92 Å². The summed E-state index contributed by atoms with van der Waals surface area (Å²) in [6, 6.07) is 19.6.